The number of methoxy groups -OCH3 is 1. The van der Waals surface area contributed by atoms with Crippen LogP contribution in [-0.2, 0) is 17.4 Å². The lowest BCUT2D eigenvalue weighted by Crippen LogP contribution is -2.25. The molecule has 0 saturated carbocycles. The van der Waals surface area contributed by atoms with Crippen LogP contribution in [-0.4, -0.2) is 28.5 Å². The number of benzene rings is 3. The molecule has 3 aromatic carbocycles. The lowest BCUT2D eigenvalue weighted by molar-refractivity contribution is 0.0979. The molecule has 4 aromatic rings. The van der Waals surface area contributed by atoms with Crippen molar-refractivity contribution in [2.24, 2.45) is 0 Å². The van der Waals surface area contributed by atoms with Crippen LogP contribution in [0.1, 0.15) is 21.5 Å². The zero-order valence-electron chi connectivity index (χ0n) is 17.1. The Kier molecular flexibility index (Phi) is 5.86. The number of H-pyrrole nitrogens is 1. The van der Waals surface area contributed by atoms with E-state index in [4.69, 9.17) is 4.74 Å². The van der Waals surface area contributed by atoms with E-state index in [1.54, 1.807) is 19.2 Å². The Bertz CT molecular complexity index is 1280. The molecule has 4 rings (SSSR count). The van der Waals surface area contributed by atoms with Crippen LogP contribution in [0.25, 0.3) is 22.2 Å². The molecule has 2 N–H and O–H groups in total. The third kappa shape index (κ3) is 4.22. The summed E-state index contributed by atoms with van der Waals surface area (Å²) >= 11 is 0. The van der Waals surface area contributed by atoms with E-state index in [9.17, 15) is 9.00 Å². The minimum absolute atomic E-state index is 0.129. The average molecular weight is 437 g/mol. The molecule has 0 spiro atoms. The van der Waals surface area contributed by atoms with Gasteiger partial charge in [-0.25, -0.2) is 8.60 Å². The second-order valence-electron chi connectivity index (χ2n) is 7.10. The van der Waals surface area contributed by atoms with Crippen molar-refractivity contribution in [3.8, 4) is 17.0 Å². The summed E-state index contributed by atoms with van der Waals surface area (Å²) in [6.45, 7) is 0. The third-order valence-corrected chi connectivity index (χ3v) is 5.58. The number of ether oxygens (including phenoxy) is 1. The minimum Gasteiger partial charge on any atom is -0.497 e. The standard InChI is InChI=1S/C24H21FN2O3S/c1-30-17-11-12-18-20(23(26-21(18)14-17)15-7-4-3-5-8-15)13-16-9-6-10-19(22(16)25)24(28)27-31(2)29/h3-12,14,26H,13H2,1-2H3,(H,27,28). The molecule has 158 valence electrons. The molecule has 0 aliphatic rings. The van der Waals surface area contributed by atoms with Gasteiger partial charge in [0, 0.05) is 29.6 Å². The minimum atomic E-state index is -1.58. The smallest absolute Gasteiger partial charge is 0.265 e. The number of nitrogens with one attached hydrogen (secondary N) is 2. The van der Waals surface area contributed by atoms with Crippen LogP contribution in [0.5, 0.6) is 5.75 Å². The van der Waals surface area contributed by atoms with Gasteiger partial charge in [0.15, 0.2) is 0 Å². The second-order valence-corrected chi connectivity index (χ2v) is 8.21. The zero-order valence-corrected chi connectivity index (χ0v) is 17.9. The summed E-state index contributed by atoms with van der Waals surface area (Å²) in [7, 11) is 0.0335. The first-order chi connectivity index (χ1) is 15.0. The summed E-state index contributed by atoms with van der Waals surface area (Å²) in [5.41, 5.74) is 3.90. The Hall–Kier alpha value is -3.45. The summed E-state index contributed by atoms with van der Waals surface area (Å²) in [6.07, 6.45) is 1.60. The number of carbonyl (C=O) groups excluding carboxylic acids is 1. The van der Waals surface area contributed by atoms with Crippen LogP contribution >= 0.6 is 0 Å². The molecule has 7 heteroatoms. The Morgan fingerprint density at radius 3 is 2.58 bits per heavy atom. The maximum Gasteiger partial charge on any atom is 0.265 e. The van der Waals surface area contributed by atoms with E-state index in [1.807, 2.05) is 48.5 Å². The molecule has 1 atom stereocenters. The Labute approximate surface area is 181 Å². The highest BCUT2D eigenvalue weighted by Crippen LogP contribution is 2.34. The van der Waals surface area contributed by atoms with Crippen molar-refractivity contribution in [3.63, 3.8) is 0 Å². The van der Waals surface area contributed by atoms with Crippen molar-refractivity contribution in [3.05, 3.63) is 89.2 Å². The maximum absolute atomic E-state index is 15.2. The van der Waals surface area contributed by atoms with Crippen LogP contribution in [0.3, 0.4) is 0 Å². The number of carbonyl (C=O) groups is 1. The first-order valence-corrected chi connectivity index (χ1v) is 11.2. The van der Waals surface area contributed by atoms with Crippen LogP contribution < -0.4 is 9.46 Å². The van der Waals surface area contributed by atoms with Gasteiger partial charge in [-0.2, -0.15) is 0 Å². The Balaban J connectivity index is 1.83. The van der Waals surface area contributed by atoms with Gasteiger partial charge < -0.3 is 9.72 Å². The fourth-order valence-corrected chi connectivity index (χ4v) is 4.04. The first-order valence-electron chi connectivity index (χ1n) is 9.63. The highest BCUT2D eigenvalue weighted by atomic mass is 32.2. The quantitative estimate of drug-likeness (QED) is 0.464. The van der Waals surface area contributed by atoms with Gasteiger partial charge in [-0.05, 0) is 34.9 Å². The molecule has 1 heterocycles. The van der Waals surface area contributed by atoms with Crippen LogP contribution in [0.15, 0.2) is 66.7 Å². The monoisotopic (exact) mass is 436 g/mol. The number of halogens is 1. The number of amides is 1. The molecule has 1 aromatic heterocycles. The van der Waals surface area contributed by atoms with E-state index in [0.29, 0.717) is 5.56 Å². The first kappa shape index (κ1) is 20.8. The maximum atomic E-state index is 15.2. The lowest BCUT2D eigenvalue weighted by Gasteiger charge is -2.10. The van der Waals surface area contributed by atoms with Gasteiger partial charge in [-0.1, -0.05) is 42.5 Å². The molecule has 0 radical (unpaired) electrons. The van der Waals surface area contributed by atoms with E-state index in [1.165, 1.54) is 12.3 Å². The molecule has 5 nitrogen and oxygen atoms in total. The van der Waals surface area contributed by atoms with E-state index in [0.717, 1.165) is 33.5 Å². The molecular formula is C24H21FN2O3S. The van der Waals surface area contributed by atoms with Gasteiger partial charge in [0.05, 0.1) is 18.4 Å². The normalized spacial score (nSPS) is 12.0. The van der Waals surface area contributed by atoms with E-state index >= 15 is 4.39 Å². The molecule has 0 fully saturated rings. The number of hydrogen-bond acceptors (Lipinski definition) is 3. The molecule has 1 unspecified atom stereocenters. The number of aromatic nitrogens is 1. The van der Waals surface area contributed by atoms with Crippen molar-refractivity contribution in [2.45, 2.75) is 6.42 Å². The molecular weight excluding hydrogens is 415 g/mol. The molecule has 31 heavy (non-hydrogen) atoms. The van der Waals surface area contributed by atoms with Gasteiger partial charge in [-0.15, -0.1) is 0 Å². The van der Waals surface area contributed by atoms with Crippen molar-refractivity contribution in [1.29, 1.82) is 0 Å². The predicted molar refractivity (Wildman–Crippen MR) is 121 cm³/mol. The third-order valence-electron chi connectivity index (χ3n) is 5.10. The van der Waals surface area contributed by atoms with Crippen molar-refractivity contribution >= 4 is 27.8 Å². The highest BCUT2D eigenvalue weighted by molar-refractivity contribution is 7.82. The average Bonchev–Trinajstić information content (AvgIpc) is 3.12. The topological polar surface area (TPSA) is 71.2 Å². The number of rotatable bonds is 6. The van der Waals surface area contributed by atoms with Gasteiger partial charge in [0.25, 0.3) is 5.91 Å². The van der Waals surface area contributed by atoms with Crippen LogP contribution in [0.4, 0.5) is 4.39 Å². The fraction of sp³-hybridized carbons (Fsp3) is 0.125. The summed E-state index contributed by atoms with van der Waals surface area (Å²) in [5.74, 6) is -0.600. The summed E-state index contributed by atoms with van der Waals surface area (Å²) < 4.78 is 34.1. The molecule has 1 amide bonds. The van der Waals surface area contributed by atoms with Gasteiger partial charge >= 0.3 is 0 Å². The summed E-state index contributed by atoms with van der Waals surface area (Å²) in [6, 6.07) is 20.2. The van der Waals surface area contributed by atoms with Crippen molar-refractivity contribution in [2.75, 3.05) is 13.4 Å². The zero-order chi connectivity index (χ0) is 22.0. The Morgan fingerprint density at radius 2 is 1.87 bits per heavy atom. The van der Waals surface area contributed by atoms with Gasteiger partial charge in [0.1, 0.15) is 22.6 Å². The molecule has 0 saturated heterocycles. The van der Waals surface area contributed by atoms with Crippen molar-refractivity contribution < 1.29 is 18.1 Å². The van der Waals surface area contributed by atoms with Crippen LogP contribution in [0, 0.1) is 5.82 Å². The Morgan fingerprint density at radius 1 is 1.10 bits per heavy atom. The summed E-state index contributed by atoms with van der Waals surface area (Å²) in [4.78, 5) is 15.7. The van der Waals surface area contributed by atoms with Crippen molar-refractivity contribution in [1.82, 2.24) is 9.71 Å². The molecule has 0 aliphatic heterocycles. The lowest BCUT2D eigenvalue weighted by atomic mass is 9.97. The largest absolute Gasteiger partial charge is 0.497 e. The second kappa shape index (κ2) is 8.73. The molecule has 0 aliphatic carbocycles. The summed E-state index contributed by atoms with van der Waals surface area (Å²) in [5, 5.41) is 0.948. The highest BCUT2D eigenvalue weighted by Gasteiger charge is 2.19. The predicted octanol–water partition coefficient (Wildman–Crippen LogP) is 4.60. The van der Waals surface area contributed by atoms with E-state index in [-0.39, 0.29) is 12.0 Å². The molecule has 0 bridgehead atoms. The number of aromatic amines is 1. The van der Waals surface area contributed by atoms with E-state index < -0.39 is 22.7 Å². The SMILES string of the molecule is COc1ccc2c(Cc3cccc(C(=O)NS(C)=O)c3F)c(-c3ccccc3)[nH]c2c1. The number of fused-ring (bicyclic) bond motifs is 1. The van der Waals surface area contributed by atoms with Gasteiger partial charge in [-0.3, -0.25) is 9.52 Å². The van der Waals surface area contributed by atoms with E-state index in [2.05, 4.69) is 9.71 Å². The fourth-order valence-electron chi connectivity index (χ4n) is 3.66. The van der Waals surface area contributed by atoms with Gasteiger partial charge in [0.2, 0.25) is 0 Å². The van der Waals surface area contributed by atoms with Crippen LogP contribution in [0.2, 0.25) is 0 Å². The number of hydrogen-bond donors (Lipinski definition) is 2.